The third-order valence-corrected chi connectivity index (χ3v) is 2.98. The summed E-state index contributed by atoms with van der Waals surface area (Å²) in [5, 5.41) is 16.5. The highest BCUT2D eigenvalue weighted by Crippen LogP contribution is 2.19. The van der Waals surface area contributed by atoms with Gasteiger partial charge < -0.3 is 16.0 Å². The first-order valence-electron chi connectivity index (χ1n) is 7.70. The van der Waals surface area contributed by atoms with Crippen LogP contribution in [0.1, 0.15) is 27.2 Å². The second-order valence-electron chi connectivity index (χ2n) is 5.84. The van der Waals surface area contributed by atoms with Crippen molar-refractivity contribution >= 4 is 34.8 Å². The minimum Gasteiger partial charge on any atom is -0.339 e. The molecule has 7 heteroatoms. The number of carbonyl (C=O) groups excluding carboxylic acids is 2. The Kier molecular flexibility index (Phi) is 5.83. The molecule has 2 amide bonds. The standard InChI is InChI=1S/C17H21N5O2/c1-11(2)9-17(24)20-16-8-7-15(21-22-16)19-14-6-4-5-13(10-14)18-12(3)23/h4-8,10-11H,9H2,1-3H3,(H,18,23)(H,19,21)(H,20,22,24). The van der Waals surface area contributed by atoms with Crippen molar-refractivity contribution in [2.45, 2.75) is 27.2 Å². The maximum absolute atomic E-state index is 11.7. The van der Waals surface area contributed by atoms with Crippen LogP contribution in [0.5, 0.6) is 0 Å². The second kappa shape index (κ2) is 8.05. The van der Waals surface area contributed by atoms with Gasteiger partial charge in [-0.25, -0.2) is 0 Å². The van der Waals surface area contributed by atoms with Crippen molar-refractivity contribution in [3.05, 3.63) is 36.4 Å². The predicted molar refractivity (Wildman–Crippen MR) is 94.1 cm³/mol. The first kappa shape index (κ1) is 17.4. The van der Waals surface area contributed by atoms with E-state index in [-0.39, 0.29) is 17.7 Å². The van der Waals surface area contributed by atoms with Crippen LogP contribution in [0.2, 0.25) is 0 Å². The fourth-order valence-corrected chi connectivity index (χ4v) is 2.06. The number of nitrogens with zero attached hydrogens (tertiary/aromatic N) is 2. The Balaban J connectivity index is 1.99. The topological polar surface area (TPSA) is 96.0 Å². The molecule has 0 unspecified atom stereocenters. The quantitative estimate of drug-likeness (QED) is 0.757. The van der Waals surface area contributed by atoms with Crippen molar-refractivity contribution in [2.75, 3.05) is 16.0 Å². The molecular formula is C17H21N5O2. The third-order valence-electron chi connectivity index (χ3n) is 2.98. The van der Waals surface area contributed by atoms with Gasteiger partial charge in [0.25, 0.3) is 0 Å². The predicted octanol–water partition coefficient (Wildman–Crippen LogP) is 3.16. The number of aromatic nitrogens is 2. The maximum Gasteiger partial charge on any atom is 0.225 e. The summed E-state index contributed by atoms with van der Waals surface area (Å²) in [6.45, 7) is 5.42. The Morgan fingerprint density at radius 1 is 1.00 bits per heavy atom. The zero-order valence-electron chi connectivity index (χ0n) is 14.0. The fourth-order valence-electron chi connectivity index (χ4n) is 2.06. The normalized spacial score (nSPS) is 10.3. The molecule has 1 aromatic heterocycles. The van der Waals surface area contributed by atoms with Crippen molar-refractivity contribution < 1.29 is 9.59 Å². The molecule has 0 saturated carbocycles. The first-order valence-corrected chi connectivity index (χ1v) is 7.70. The number of hydrogen-bond acceptors (Lipinski definition) is 5. The molecular weight excluding hydrogens is 306 g/mol. The van der Waals surface area contributed by atoms with E-state index in [4.69, 9.17) is 0 Å². The smallest absolute Gasteiger partial charge is 0.225 e. The molecule has 0 atom stereocenters. The van der Waals surface area contributed by atoms with Gasteiger partial charge in [-0.3, -0.25) is 9.59 Å². The summed E-state index contributed by atoms with van der Waals surface area (Å²) in [6, 6.07) is 10.7. The van der Waals surface area contributed by atoms with Gasteiger partial charge in [-0.1, -0.05) is 19.9 Å². The van der Waals surface area contributed by atoms with Crippen LogP contribution in [0.15, 0.2) is 36.4 Å². The van der Waals surface area contributed by atoms with E-state index in [1.54, 1.807) is 24.3 Å². The van der Waals surface area contributed by atoms with Crippen molar-refractivity contribution in [2.24, 2.45) is 5.92 Å². The number of anilines is 4. The molecule has 1 heterocycles. The Morgan fingerprint density at radius 3 is 2.29 bits per heavy atom. The molecule has 0 aliphatic heterocycles. The Morgan fingerprint density at radius 2 is 1.67 bits per heavy atom. The molecule has 0 aliphatic rings. The van der Waals surface area contributed by atoms with E-state index in [9.17, 15) is 9.59 Å². The number of rotatable bonds is 6. The molecule has 7 nitrogen and oxygen atoms in total. The molecule has 0 fully saturated rings. The van der Waals surface area contributed by atoms with Gasteiger partial charge in [0.05, 0.1) is 0 Å². The van der Waals surface area contributed by atoms with Crippen LogP contribution in [0.25, 0.3) is 0 Å². The van der Waals surface area contributed by atoms with Crippen LogP contribution in [0.4, 0.5) is 23.0 Å². The van der Waals surface area contributed by atoms with Crippen LogP contribution in [-0.2, 0) is 9.59 Å². The summed E-state index contributed by atoms with van der Waals surface area (Å²) < 4.78 is 0. The van der Waals surface area contributed by atoms with E-state index >= 15 is 0 Å². The molecule has 0 spiro atoms. The molecule has 1 aromatic carbocycles. The Labute approximate surface area is 140 Å². The van der Waals surface area contributed by atoms with Gasteiger partial charge in [0.2, 0.25) is 11.8 Å². The molecule has 126 valence electrons. The third kappa shape index (κ3) is 5.68. The summed E-state index contributed by atoms with van der Waals surface area (Å²) >= 11 is 0. The van der Waals surface area contributed by atoms with Gasteiger partial charge in [0.1, 0.15) is 0 Å². The van der Waals surface area contributed by atoms with Gasteiger partial charge in [-0.05, 0) is 36.2 Å². The summed E-state index contributed by atoms with van der Waals surface area (Å²) in [6.07, 6.45) is 0.442. The summed E-state index contributed by atoms with van der Waals surface area (Å²) in [4.78, 5) is 22.8. The Hall–Kier alpha value is -2.96. The minimum absolute atomic E-state index is 0.0805. The average molecular weight is 327 g/mol. The number of nitrogens with one attached hydrogen (secondary N) is 3. The number of benzene rings is 1. The van der Waals surface area contributed by atoms with E-state index < -0.39 is 0 Å². The van der Waals surface area contributed by atoms with Crippen LogP contribution in [0.3, 0.4) is 0 Å². The van der Waals surface area contributed by atoms with E-state index in [1.165, 1.54) is 6.92 Å². The van der Waals surface area contributed by atoms with Crippen LogP contribution < -0.4 is 16.0 Å². The lowest BCUT2D eigenvalue weighted by molar-refractivity contribution is -0.117. The molecule has 0 aliphatic carbocycles. The van der Waals surface area contributed by atoms with E-state index in [1.807, 2.05) is 26.0 Å². The SMILES string of the molecule is CC(=O)Nc1cccc(Nc2ccc(NC(=O)CC(C)C)nn2)c1. The van der Waals surface area contributed by atoms with Crippen molar-refractivity contribution in [3.8, 4) is 0 Å². The summed E-state index contributed by atoms with van der Waals surface area (Å²) in [5.41, 5.74) is 1.46. The molecule has 2 aromatic rings. The van der Waals surface area contributed by atoms with Crippen molar-refractivity contribution in [3.63, 3.8) is 0 Å². The fraction of sp³-hybridized carbons (Fsp3) is 0.294. The number of carbonyl (C=O) groups is 2. The number of amides is 2. The van der Waals surface area contributed by atoms with E-state index in [2.05, 4.69) is 26.1 Å². The molecule has 0 radical (unpaired) electrons. The highest BCUT2D eigenvalue weighted by molar-refractivity contribution is 5.90. The van der Waals surface area contributed by atoms with E-state index in [0.29, 0.717) is 23.7 Å². The molecule has 3 N–H and O–H groups in total. The molecule has 2 rings (SSSR count). The molecule has 0 saturated heterocycles. The highest BCUT2D eigenvalue weighted by Gasteiger charge is 2.07. The largest absolute Gasteiger partial charge is 0.339 e. The lowest BCUT2D eigenvalue weighted by Gasteiger charge is -2.09. The second-order valence-corrected chi connectivity index (χ2v) is 5.84. The lowest BCUT2D eigenvalue weighted by Crippen LogP contribution is -2.15. The van der Waals surface area contributed by atoms with Crippen molar-refractivity contribution in [1.82, 2.24) is 10.2 Å². The van der Waals surface area contributed by atoms with Gasteiger partial charge in [0, 0.05) is 24.7 Å². The Bertz CT molecular complexity index is 713. The summed E-state index contributed by atoms with van der Waals surface area (Å²) in [5.74, 6) is 1.03. The van der Waals surface area contributed by atoms with E-state index in [0.717, 1.165) is 5.69 Å². The summed E-state index contributed by atoms with van der Waals surface area (Å²) in [7, 11) is 0. The first-order chi connectivity index (χ1) is 11.4. The molecule has 0 bridgehead atoms. The zero-order chi connectivity index (χ0) is 17.5. The average Bonchev–Trinajstić information content (AvgIpc) is 2.48. The van der Waals surface area contributed by atoms with Gasteiger partial charge in [-0.2, -0.15) is 0 Å². The van der Waals surface area contributed by atoms with Crippen molar-refractivity contribution in [1.29, 1.82) is 0 Å². The molecule has 24 heavy (non-hydrogen) atoms. The monoisotopic (exact) mass is 327 g/mol. The maximum atomic E-state index is 11.7. The van der Waals surface area contributed by atoms with Gasteiger partial charge in [-0.15, -0.1) is 10.2 Å². The highest BCUT2D eigenvalue weighted by atomic mass is 16.2. The van der Waals surface area contributed by atoms with Gasteiger partial charge >= 0.3 is 0 Å². The lowest BCUT2D eigenvalue weighted by atomic mass is 10.1. The number of hydrogen-bond donors (Lipinski definition) is 3. The zero-order valence-corrected chi connectivity index (χ0v) is 14.0. The minimum atomic E-state index is -0.131. The van der Waals surface area contributed by atoms with Gasteiger partial charge in [0.15, 0.2) is 11.6 Å². The van der Waals surface area contributed by atoms with Crippen LogP contribution in [0, 0.1) is 5.92 Å². The van der Waals surface area contributed by atoms with Crippen LogP contribution >= 0.6 is 0 Å². The van der Waals surface area contributed by atoms with Crippen LogP contribution in [-0.4, -0.2) is 22.0 Å².